The molecule has 0 aliphatic heterocycles. The highest BCUT2D eigenvalue weighted by Gasteiger charge is 2.17. The monoisotopic (exact) mass is 352 g/mol. The highest BCUT2D eigenvalue weighted by atomic mass is 19.1. The largest absolute Gasteiger partial charge is 0.451 e. The van der Waals surface area contributed by atoms with Gasteiger partial charge in [-0.05, 0) is 43.3 Å². The van der Waals surface area contributed by atoms with Gasteiger partial charge in [-0.15, -0.1) is 0 Å². The van der Waals surface area contributed by atoms with E-state index in [1.165, 1.54) is 29.2 Å². The standard InChI is InChI=1S/C20H17FN2O3/c1-2-23(16-10-8-15(21)9-11-16)19(24)13-26-20(25)18-12-7-14-5-3-4-6-17(14)22-18/h3-12H,2,13H2,1H3. The summed E-state index contributed by atoms with van der Waals surface area (Å²) in [6.07, 6.45) is 0. The number of likely N-dealkylation sites (N-methyl/N-ethyl adjacent to an activating group) is 1. The van der Waals surface area contributed by atoms with Crippen LogP contribution in [0.4, 0.5) is 10.1 Å². The Morgan fingerprint density at radius 2 is 1.77 bits per heavy atom. The average Bonchev–Trinajstić information content (AvgIpc) is 2.67. The Kier molecular flexibility index (Phi) is 5.22. The summed E-state index contributed by atoms with van der Waals surface area (Å²) in [4.78, 5) is 30.2. The summed E-state index contributed by atoms with van der Waals surface area (Å²) >= 11 is 0. The molecule has 0 N–H and O–H groups in total. The molecule has 3 aromatic rings. The Morgan fingerprint density at radius 3 is 2.50 bits per heavy atom. The van der Waals surface area contributed by atoms with Crippen molar-refractivity contribution in [3.05, 3.63) is 72.2 Å². The van der Waals surface area contributed by atoms with E-state index in [2.05, 4.69) is 4.98 Å². The molecule has 5 nitrogen and oxygen atoms in total. The molecule has 2 aromatic carbocycles. The number of carbonyl (C=O) groups excluding carboxylic acids is 2. The van der Waals surface area contributed by atoms with E-state index in [0.717, 1.165) is 5.39 Å². The molecular weight excluding hydrogens is 335 g/mol. The van der Waals surface area contributed by atoms with E-state index < -0.39 is 18.5 Å². The number of para-hydroxylation sites is 1. The maximum atomic E-state index is 13.0. The van der Waals surface area contributed by atoms with Gasteiger partial charge >= 0.3 is 5.97 Å². The van der Waals surface area contributed by atoms with E-state index in [-0.39, 0.29) is 11.5 Å². The number of pyridine rings is 1. The number of rotatable bonds is 5. The first-order chi connectivity index (χ1) is 12.6. The van der Waals surface area contributed by atoms with E-state index in [0.29, 0.717) is 17.7 Å². The van der Waals surface area contributed by atoms with Crippen LogP contribution >= 0.6 is 0 Å². The highest BCUT2D eigenvalue weighted by Crippen LogP contribution is 2.16. The molecular formula is C20H17FN2O3. The Balaban J connectivity index is 1.67. The molecule has 3 rings (SSSR count). The predicted molar refractivity (Wildman–Crippen MR) is 96.5 cm³/mol. The number of benzene rings is 2. The fourth-order valence-electron chi connectivity index (χ4n) is 2.58. The third-order valence-electron chi connectivity index (χ3n) is 3.89. The van der Waals surface area contributed by atoms with Crippen molar-refractivity contribution < 1.29 is 18.7 Å². The summed E-state index contributed by atoms with van der Waals surface area (Å²) in [5.41, 5.74) is 1.36. The quantitative estimate of drug-likeness (QED) is 0.659. The van der Waals surface area contributed by atoms with Crippen molar-refractivity contribution in [3.63, 3.8) is 0 Å². The lowest BCUT2D eigenvalue weighted by Gasteiger charge is -2.20. The molecule has 0 saturated heterocycles. The normalized spacial score (nSPS) is 10.5. The van der Waals surface area contributed by atoms with Gasteiger partial charge < -0.3 is 9.64 Å². The van der Waals surface area contributed by atoms with Crippen molar-refractivity contribution in [1.29, 1.82) is 0 Å². The summed E-state index contributed by atoms with van der Waals surface area (Å²) in [6, 6.07) is 16.3. The maximum Gasteiger partial charge on any atom is 0.357 e. The molecule has 6 heteroatoms. The second-order valence-electron chi connectivity index (χ2n) is 5.58. The summed E-state index contributed by atoms with van der Waals surface area (Å²) < 4.78 is 18.1. The van der Waals surface area contributed by atoms with Crippen LogP contribution in [0.2, 0.25) is 0 Å². The van der Waals surface area contributed by atoms with E-state index in [1.54, 1.807) is 25.1 Å². The SMILES string of the molecule is CCN(C(=O)COC(=O)c1ccc2ccccc2n1)c1ccc(F)cc1. The molecule has 0 saturated carbocycles. The number of hydrogen-bond donors (Lipinski definition) is 0. The van der Waals surface area contributed by atoms with Crippen molar-refractivity contribution in [2.24, 2.45) is 0 Å². The molecule has 0 aliphatic carbocycles. The minimum atomic E-state index is -0.667. The van der Waals surface area contributed by atoms with Gasteiger partial charge in [-0.1, -0.05) is 24.3 Å². The average molecular weight is 352 g/mol. The van der Waals surface area contributed by atoms with E-state index >= 15 is 0 Å². The van der Waals surface area contributed by atoms with Gasteiger partial charge in [0.25, 0.3) is 5.91 Å². The lowest BCUT2D eigenvalue weighted by Crippen LogP contribution is -2.34. The molecule has 0 bridgehead atoms. The maximum absolute atomic E-state index is 13.0. The van der Waals surface area contributed by atoms with Crippen LogP contribution in [0.3, 0.4) is 0 Å². The second-order valence-corrected chi connectivity index (χ2v) is 5.58. The molecule has 0 unspecified atom stereocenters. The van der Waals surface area contributed by atoms with Crippen LogP contribution < -0.4 is 4.90 Å². The first kappa shape index (κ1) is 17.5. The number of carbonyl (C=O) groups is 2. The number of amides is 1. The number of esters is 1. The second kappa shape index (κ2) is 7.74. The van der Waals surface area contributed by atoms with Gasteiger partial charge in [0.2, 0.25) is 0 Å². The van der Waals surface area contributed by atoms with Crippen LogP contribution in [0, 0.1) is 5.82 Å². The van der Waals surface area contributed by atoms with Gasteiger partial charge in [-0.3, -0.25) is 4.79 Å². The Hall–Kier alpha value is -3.28. The molecule has 1 heterocycles. The van der Waals surface area contributed by atoms with Crippen molar-refractivity contribution in [3.8, 4) is 0 Å². The van der Waals surface area contributed by atoms with Crippen LogP contribution in [-0.4, -0.2) is 30.0 Å². The number of aromatic nitrogens is 1. The third-order valence-corrected chi connectivity index (χ3v) is 3.89. The molecule has 1 aromatic heterocycles. The van der Waals surface area contributed by atoms with E-state index in [9.17, 15) is 14.0 Å². The summed E-state index contributed by atoms with van der Waals surface area (Å²) in [6.45, 7) is 1.74. The van der Waals surface area contributed by atoms with Crippen molar-refractivity contribution in [2.45, 2.75) is 6.92 Å². The minimum Gasteiger partial charge on any atom is -0.451 e. The number of ether oxygens (including phenoxy) is 1. The first-order valence-electron chi connectivity index (χ1n) is 8.17. The lowest BCUT2D eigenvalue weighted by molar-refractivity contribution is -0.121. The Bertz CT molecular complexity index is 941. The summed E-state index contributed by atoms with van der Waals surface area (Å²) in [5, 5.41) is 0.911. The zero-order chi connectivity index (χ0) is 18.5. The van der Waals surface area contributed by atoms with E-state index in [4.69, 9.17) is 4.74 Å². The molecule has 0 spiro atoms. The molecule has 0 fully saturated rings. The number of anilines is 1. The summed E-state index contributed by atoms with van der Waals surface area (Å²) in [5.74, 6) is -1.45. The first-order valence-corrected chi connectivity index (χ1v) is 8.17. The predicted octanol–water partition coefficient (Wildman–Crippen LogP) is 3.58. The van der Waals surface area contributed by atoms with Gasteiger partial charge in [0.05, 0.1) is 5.52 Å². The number of halogens is 1. The molecule has 132 valence electrons. The van der Waals surface area contributed by atoms with E-state index in [1.807, 2.05) is 18.2 Å². The highest BCUT2D eigenvalue weighted by molar-refractivity contribution is 5.97. The van der Waals surface area contributed by atoms with Crippen molar-refractivity contribution in [1.82, 2.24) is 4.98 Å². The topological polar surface area (TPSA) is 59.5 Å². The van der Waals surface area contributed by atoms with Crippen LogP contribution in [0.5, 0.6) is 0 Å². The number of hydrogen-bond acceptors (Lipinski definition) is 4. The Morgan fingerprint density at radius 1 is 1.04 bits per heavy atom. The van der Waals surface area contributed by atoms with Crippen LogP contribution in [-0.2, 0) is 9.53 Å². The number of fused-ring (bicyclic) bond motifs is 1. The molecule has 26 heavy (non-hydrogen) atoms. The van der Waals surface area contributed by atoms with Gasteiger partial charge in [0.1, 0.15) is 11.5 Å². The third kappa shape index (κ3) is 3.85. The van der Waals surface area contributed by atoms with Crippen LogP contribution in [0.25, 0.3) is 10.9 Å². The van der Waals surface area contributed by atoms with Gasteiger partial charge in [0, 0.05) is 17.6 Å². The molecule has 0 radical (unpaired) electrons. The number of nitrogens with zero attached hydrogens (tertiary/aromatic N) is 2. The summed E-state index contributed by atoms with van der Waals surface area (Å²) in [7, 11) is 0. The van der Waals surface area contributed by atoms with Crippen molar-refractivity contribution in [2.75, 3.05) is 18.1 Å². The molecule has 0 atom stereocenters. The van der Waals surface area contributed by atoms with Crippen LogP contribution in [0.15, 0.2) is 60.7 Å². The van der Waals surface area contributed by atoms with Gasteiger partial charge in [-0.25, -0.2) is 14.2 Å². The van der Waals surface area contributed by atoms with Crippen LogP contribution in [0.1, 0.15) is 17.4 Å². The molecule has 1 amide bonds. The zero-order valence-corrected chi connectivity index (χ0v) is 14.2. The lowest BCUT2D eigenvalue weighted by atomic mass is 10.2. The minimum absolute atomic E-state index is 0.140. The fourth-order valence-corrected chi connectivity index (χ4v) is 2.58. The van der Waals surface area contributed by atoms with Gasteiger partial charge in [-0.2, -0.15) is 0 Å². The Labute approximate surface area is 150 Å². The van der Waals surface area contributed by atoms with Gasteiger partial charge in [0.15, 0.2) is 6.61 Å². The zero-order valence-electron chi connectivity index (χ0n) is 14.2. The fraction of sp³-hybridized carbons (Fsp3) is 0.150. The molecule has 0 aliphatic rings. The smallest absolute Gasteiger partial charge is 0.357 e. The van der Waals surface area contributed by atoms with Crippen molar-refractivity contribution >= 4 is 28.5 Å².